The number of rotatable bonds is 6. The summed E-state index contributed by atoms with van der Waals surface area (Å²) in [5, 5.41) is 19.2. The lowest BCUT2D eigenvalue weighted by molar-refractivity contribution is -0.131. The fourth-order valence-electron chi connectivity index (χ4n) is 3.21. The Labute approximate surface area is 186 Å². The van der Waals surface area contributed by atoms with E-state index >= 15 is 0 Å². The predicted octanol–water partition coefficient (Wildman–Crippen LogP) is 6.18. The standard InChI is InChI=1S/C25H17FO5S/c1-14-2-6-16(26)12-20(14)23(30)25-24(19-10-7-17(27)13-21(19)32-25)31-18-8-3-15(4-9-18)5-11-22(28)29/h2-13,27H,1H3,(H,28,29)/b11-5+. The minimum absolute atomic E-state index is 0.0563. The SMILES string of the molecule is Cc1ccc(F)cc1C(=O)c1sc2cc(O)ccc2c1Oc1ccc(/C=C/C(=O)O)cc1. The molecule has 0 spiro atoms. The lowest BCUT2D eigenvalue weighted by Crippen LogP contribution is -2.04. The maximum atomic E-state index is 13.8. The van der Waals surface area contributed by atoms with Crippen molar-refractivity contribution in [1.82, 2.24) is 0 Å². The van der Waals surface area contributed by atoms with Crippen molar-refractivity contribution >= 4 is 39.3 Å². The number of carboxylic acid groups (broad SMARTS) is 1. The van der Waals surface area contributed by atoms with Crippen LogP contribution in [0.3, 0.4) is 0 Å². The van der Waals surface area contributed by atoms with E-state index in [1.54, 1.807) is 49.4 Å². The third-order valence-electron chi connectivity index (χ3n) is 4.80. The van der Waals surface area contributed by atoms with E-state index < -0.39 is 11.8 Å². The average Bonchev–Trinajstić information content (AvgIpc) is 3.11. The monoisotopic (exact) mass is 448 g/mol. The molecule has 0 aliphatic heterocycles. The van der Waals surface area contributed by atoms with E-state index in [-0.39, 0.29) is 22.0 Å². The molecule has 0 aliphatic rings. The van der Waals surface area contributed by atoms with E-state index in [0.29, 0.717) is 32.7 Å². The van der Waals surface area contributed by atoms with Crippen LogP contribution in [0.15, 0.2) is 66.7 Å². The maximum absolute atomic E-state index is 13.8. The van der Waals surface area contributed by atoms with Crippen LogP contribution in [0.1, 0.15) is 26.4 Å². The van der Waals surface area contributed by atoms with Crippen LogP contribution in [0, 0.1) is 12.7 Å². The molecular weight excluding hydrogens is 431 g/mol. The number of halogens is 1. The number of benzene rings is 3. The van der Waals surface area contributed by atoms with Gasteiger partial charge in [-0.15, -0.1) is 11.3 Å². The Morgan fingerprint density at radius 2 is 1.78 bits per heavy atom. The zero-order chi connectivity index (χ0) is 22.8. The van der Waals surface area contributed by atoms with Gasteiger partial charge < -0.3 is 14.9 Å². The first-order valence-corrected chi connectivity index (χ1v) is 10.4. The van der Waals surface area contributed by atoms with Crippen molar-refractivity contribution in [2.24, 2.45) is 0 Å². The molecule has 5 nitrogen and oxygen atoms in total. The smallest absolute Gasteiger partial charge is 0.328 e. The van der Waals surface area contributed by atoms with Crippen molar-refractivity contribution < 1.29 is 28.9 Å². The molecular formula is C25H17FO5S. The summed E-state index contributed by atoms with van der Waals surface area (Å²) < 4.78 is 20.5. The van der Waals surface area contributed by atoms with Gasteiger partial charge in [-0.05, 0) is 66.6 Å². The number of phenols is 1. The first-order chi connectivity index (χ1) is 15.3. The van der Waals surface area contributed by atoms with Crippen molar-refractivity contribution in [1.29, 1.82) is 0 Å². The molecule has 0 amide bonds. The van der Waals surface area contributed by atoms with Gasteiger partial charge in [0, 0.05) is 21.7 Å². The average molecular weight is 448 g/mol. The topological polar surface area (TPSA) is 83.8 Å². The number of carbonyl (C=O) groups excluding carboxylic acids is 1. The Morgan fingerprint density at radius 3 is 2.50 bits per heavy atom. The molecule has 4 rings (SSSR count). The van der Waals surface area contributed by atoms with Crippen molar-refractivity contribution in [3.63, 3.8) is 0 Å². The number of carboxylic acids is 1. The van der Waals surface area contributed by atoms with Gasteiger partial charge in [0.1, 0.15) is 22.2 Å². The zero-order valence-electron chi connectivity index (χ0n) is 16.8. The molecule has 2 N–H and O–H groups in total. The largest absolute Gasteiger partial charge is 0.508 e. The van der Waals surface area contributed by atoms with Gasteiger partial charge in [-0.1, -0.05) is 18.2 Å². The summed E-state index contributed by atoms with van der Waals surface area (Å²) in [6.07, 6.45) is 2.49. The van der Waals surface area contributed by atoms with Gasteiger partial charge in [-0.25, -0.2) is 9.18 Å². The second kappa shape index (κ2) is 8.64. The fourth-order valence-corrected chi connectivity index (χ4v) is 4.32. The highest BCUT2D eigenvalue weighted by atomic mass is 32.1. The van der Waals surface area contributed by atoms with E-state index in [0.717, 1.165) is 17.4 Å². The molecule has 0 radical (unpaired) electrons. The van der Waals surface area contributed by atoms with Gasteiger partial charge in [0.15, 0.2) is 5.75 Å². The van der Waals surface area contributed by atoms with Gasteiger partial charge in [0.25, 0.3) is 0 Å². The van der Waals surface area contributed by atoms with Crippen LogP contribution in [-0.4, -0.2) is 22.0 Å². The number of phenolic OH excluding ortho intramolecular Hbond substituents is 1. The van der Waals surface area contributed by atoms with Gasteiger partial charge >= 0.3 is 5.97 Å². The van der Waals surface area contributed by atoms with Gasteiger partial charge in [-0.2, -0.15) is 0 Å². The lowest BCUT2D eigenvalue weighted by Gasteiger charge is -2.09. The van der Waals surface area contributed by atoms with Crippen LogP contribution >= 0.6 is 11.3 Å². The third kappa shape index (κ3) is 4.38. The molecule has 0 aliphatic carbocycles. The Balaban J connectivity index is 1.77. The third-order valence-corrected chi connectivity index (χ3v) is 5.93. The molecule has 7 heteroatoms. The number of aromatic hydroxyl groups is 1. The van der Waals surface area contributed by atoms with Crippen LogP contribution in [0.4, 0.5) is 4.39 Å². The highest BCUT2D eigenvalue weighted by Crippen LogP contribution is 2.43. The second-order valence-electron chi connectivity index (χ2n) is 7.07. The Kier molecular flexibility index (Phi) is 5.75. The Hall–Kier alpha value is -3.97. The number of thiophene rings is 1. The fraction of sp³-hybridized carbons (Fsp3) is 0.0400. The summed E-state index contributed by atoms with van der Waals surface area (Å²) in [7, 11) is 0. The molecule has 3 aromatic carbocycles. The first-order valence-electron chi connectivity index (χ1n) is 9.57. The lowest BCUT2D eigenvalue weighted by atomic mass is 10.0. The maximum Gasteiger partial charge on any atom is 0.328 e. The number of aliphatic carboxylic acids is 1. The van der Waals surface area contributed by atoms with E-state index in [9.17, 15) is 19.1 Å². The molecule has 0 saturated carbocycles. The number of hydrogen-bond acceptors (Lipinski definition) is 5. The number of aryl methyl sites for hydroxylation is 1. The number of ketones is 1. The molecule has 0 unspecified atom stereocenters. The van der Waals surface area contributed by atoms with Crippen molar-refractivity contribution in [2.45, 2.75) is 6.92 Å². The van der Waals surface area contributed by atoms with Crippen molar-refractivity contribution in [2.75, 3.05) is 0 Å². The molecule has 0 bridgehead atoms. The number of hydrogen-bond donors (Lipinski definition) is 2. The quantitative estimate of drug-likeness (QED) is 0.272. The summed E-state index contributed by atoms with van der Waals surface area (Å²) in [4.78, 5) is 24.3. The molecule has 0 atom stereocenters. The Morgan fingerprint density at radius 1 is 1.03 bits per heavy atom. The molecule has 0 saturated heterocycles. The van der Waals surface area contributed by atoms with E-state index in [4.69, 9.17) is 9.84 Å². The number of carbonyl (C=O) groups is 2. The number of ether oxygens (including phenoxy) is 1. The summed E-state index contributed by atoms with van der Waals surface area (Å²) in [6.45, 7) is 1.73. The molecule has 1 aromatic heterocycles. The van der Waals surface area contributed by atoms with E-state index in [2.05, 4.69) is 0 Å². The van der Waals surface area contributed by atoms with Crippen molar-refractivity contribution in [3.05, 3.63) is 94.1 Å². The Bertz CT molecular complexity index is 1370. The molecule has 4 aromatic rings. The highest BCUT2D eigenvalue weighted by molar-refractivity contribution is 7.21. The summed E-state index contributed by atoms with van der Waals surface area (Å²) in [5.41, 5.74) is 1.54. The van der Waals surface area contributed by atoms with Crippen molar-refractivity contribution in [3.8, 4) is 17.2 Å². The normalized spacial score (nSPS) is 11.2. The van der Waals surface area contributed by atoms with Crippen LogP contribution in [0.5, 0.6) is 17.2 Å². The summed E-state index contributed by atoms with van der Waals surface area (Å²) >= 11 is 1.16. The second-order valence-corrected chi connectivity index (χ2v) is 8.12. The minimum Gasteiger partial charge on any atom is -0.508 e. The van der Waals surface area contributed by atoms with Crippen LogP contribution in [0.25, 0.3) is 16.2 Å². The molecule has 1 heterocycles. The zero-order valence-corrected chi connectivity index (χ0v) is 17.7. The van der Waals surface area contributed by atoms with E-state index in [1.807, 2.05) is 0 Å². The molecule has 160 valence electrons. The van der Waals surface area contributed by atoms with Gasteiger partial charge in [0.05, 0.1) is 0 Å². The summed E-state index contributed by atoms with van der Waals surface area (Å²) in [6, 6.07) is 15.5. The van der Waals surface area contributed by atoms with Crippen LogP contribution in [-0.2, 0) is 4.79 Å². The minimum atomic E-state index is -1.05. The first kappa shape index (κ1) is 21.3. The summed E-state index contributed by atoms with van der Waals surface area (Å²) in [5.74, 6) is -1.12. The number of fused-ring (bicyclic) bond motifs is 1. The molecule has 0 fully saturated rings. The predicted molar refractivity (Wildman–Crippen MR) is 121 cm³/mol. The van der Waals surface area contributed by atoms with Crippen LogP contribution in [0.2, 0.25) is 0 Å². The van der Waals surface area contributed by atoms with Crippen LogP contribution < -0.4 is 4.74 Å². The molecule has 32 heavy (non-hydrogen) atoms. The highest BCUT2D eigenvalue weighted by Gasteiger charge is 2.23. The van der Waals surface area contributed by atoms with Gasteiger partial charge in [0.2, 0.25) is 5.78 Å². The van der Waals surface area contributed by atoms with E-state index in [1.165, 1.54) is 24.3 Å². The van der Waals surface area contributed by atoms with Gasteiger partial charge in [-0.3, -0.25) is 4.79 Å².